The molecule has 3 aromatic carbocycles. The molecule has 1 aromatic heterocycles. The zero-order valence-electron chi connectivity index (χ0n) is 16.2. The Balaban J connectivity index is 1.73. The van der Waals surface area contributed by atoms with Crippen molar-refractivity contribution in [2.24, 2.45) is 0 Å². The summed E-state index contributed by atoms with van der Waals surface area (Å²) in [6.45, 7) is 1.85. The molecule has 4 rings (SSSR count). The number of aryl methyl sites for hydroxylation is 1. The van der Waals surface area contributed by atoms with E-state index in [4.69, 9.17) is 4.42 Å². The second-order valence-electron chi connectivity index (χ2n) is 6.76. The third-order valence-corrected chi connectivity index (χ3v) is 6.44. The van der Waals surface area contributed by atoms with Crippen molar-refractivity contribution in [3.05, 3.63) is 102 Å². The summed E-state index contributed by atoms with van der Waals surface area (Å²) in [5.41, 5.74) is 2.43. The molecule has 0 aliphatic carbocycles. The number of benzene rings is 3. The average molecular weight is 422 g/mol. The number of hydrogen-bond acceptors (Lipinski definition) is 4. The van der Waals surface area contributed by atoms with Gasteiger partial charge in [-0.2, -0.15) is 0 Å². The van der Waals surface area contributed by atoms with Crippen LogP contribution in [0.3, 0.4) is 0 Å². The number of anilines is 1. The lowest BCUT2D eigenvalue weighted by Gasteiger charge is -2.25. The van der Waals surface area contributed by atoms with Crippen molar-refractivity contribution < 1.29 is 17.2 Å². The Morgan fingerprint density at radius 1 is 0.933 bits per heavy atom. The Kier molecular flexibility index (Phi) is 5.37. The molecule has 7 heteroatoms. The fraction of sp³-hybridized carbons (Fsp3) is 0.0870. The SMILES string of the molecule is Cc1ccccc1N(Cc1coc(-c2ccc(F)cc2)n1)S(=O)(=O)c1ccccc1. The van der Waals surface area contributed by atoms with Crippen LogP contribution in [0.15, 0.2) is 94.4 Å². The highest BCUT2D eigenvalue weighted by Crippen LogP contribution is 2.29. The highest BCUT2D eigenvalue weighted by molar-refractivity contribution is 7.92. The highest BCUT2D eigenvalue weighted by Gasteiger charge is 2.27. The molecule has 0 saturated carbocycles. The van der Waals surface area contributed by atoms with Gasteiger partial charge < -0.3 is 4.42 Å². The maximum absolute atomic E-state index is 13.4. The average Bonchev–Trinajstić information content (AvgIpc) is 3.22. The number of para-hydroxylation sites is 1. The second-order valence-corrected chi connectivity index (χ2v) is 8.62. The van der Waals surface area contributed by atoms with Crippen LogP contribution in [0, 0.1) is 12.7 Å². The normalized spacial score (nSPS) is 11.4. The van der Waals surface area contributed by atoms with Crippen LogP contribution in [0.2, 0.25) is 0 Å². The van der Waals surface area contributed by atoms with E-state index in [1.54, 1.807) is 54.6 Å². The van der Waals surface area contributed by atoms with Crippen molar-refractivity contribution >= 4 is 15.7 Å². The van der Waals surface area contributed by atoms with Crippen LogP contribution in [0.25, 0.3) is 11.5 Å². The van der Waals surface area contributed by atoms with E-state index in [0.29, 0.717) is 22.8 Å². The standard InChI is InChI=1S/C23H19FN2O3S/c1-17-7-5-6-10-22(17)26(30(27,28)21-8-3-2-4-9-21)15-20-16-29-23(25-20)18-11-13-19(24)14-12-18/h2-14,16H,15H2,1H3. The molecule has 5 nitrogen and oxygen atoms in total. The van der Waals surface area contributed by atoms with E-state index in [9.17, 15) is 12.8 Å². The van der Waals surface area contributed by atoms with E-state index in [0.717, 1.165) is 5.56 Å². The number of nitrogens with zero attached hydrogens (tertiary/aromatic N) is 2. The van der Waals surface area contributed by atoms with Gasteiger partial charge in [-0.1, -0.05) is 36.4 Å². The van der Waals surface area contributed by atoms with Gasteiger partial charge in [-0.15, -0.1) is 0 Å². The molecule has 4 aromatic rings. The lowest BCUT2D eigenvalue weighted by atomic mass is 10.2. The van der Waals surface area contributed by atoms with Crippen LogP contribution < -0.4 is 4.31 Å². The molecule has 0 unspecified atom stereocenters. The van der Waals surface area contributed by atoms with Crippen molar-refractivity contribution in [2.75, 3.05) is 4.31 Å². The van der Waals surface area contributed by atoms with Gasteiger partial charge in [0.1, 0.15) is 17.8 Å². The van der Waals surface area contributed by atoms with Crippen LogP contribution in [0.5, 0.6) is 0 Å². The second kappa shape index (κ2) is 8.12. The minimum absolute atomic E-state index is 0.00717. The van der Waals surface area contributed by atoms with Crippen molar-refractivity contribution in [3.63, 3.8) is 0 Å². The van der Waals surface area contributed by atoms with Crippen molar-refractivity contribution in [2.45, 2.75) is 18.4 Å². The first-order valence-electron chi connectivity index (χ1n) is 9.29. The lowest BCUT2D eigenvalue weighted by Crippen LogP contribution is -2.31. The molecule has 1 heterocycles. The predicted molar refractivity (Wildman–Crippen MR) is 113 cm³/mol. The molecule has 0 fully saturated rings. The van der Waals surface area contributed by atoms with Gasteiger partial charge in [-0.3, -0.25) is 4.31 Å². The van der Waals surface area contributed by atoms with Gasteiger partial charge in [0.25, 0.3) is 10.0 Å². The minimum atomic E-state index is -3.83. The summed E-state index contributed by atoms with van der Waals surface area (Å²) in [5.74, 6) is -0.0583. The summed E-state index contributed by atoms with van der Waals surface area (Å²) >= 11 is 0. The number of oxazole rings is 1. The Morgan fingerprint density at radius 2 is 1.60 bits per heavy atom. The largest absolute Gasteiger partial charge is 0.444 e. The Hall–Kier alpha value is -3.45. The van der Waals surface area contributed by atoms with E-state index in [1.807, 2.05) is 19.1 Å². The van der Waals surface area contributed by atoms with Gasteiger partial charge in [0.2, 0.25) is 5.89 Å². The maximum Gasteiger partial charge on any atom is 0.264 e. The van der Waals surface area contributed by atoms with Gasteiger partial charge in [-0.05, 0) is 55.0 Å². The number of aromatic nitrogens is 1. The summed E-state index contributed by atoms with van der Waals surface area (Å²) in [4.78, 5) is 4.61. The van der Waals surface area contributed by atoms with E-state index in [1.165, 1.54) is 22.7 Å². The Bertz CT molecular complexity index is 1250. The fourth-order valence-electron chi connectivity index (χ4n) is 3.11. The topological polar surface area (TPSA) is 63.4 Å². The van der Waals surface area contributed by atoms with Crippen molar-refractivity contribution in [3.8, 4) is 11.5 Å². The minimum Gasteiger partial charge on any atom is -0.444 e. The molecule has 0 radical (unpaired) electrons. The first-order chi connectivity index (χ1) is 14.4. The van der Waals surface area contributed by atoms with Crippen molar-refractivity contribution in [1.82, 2.24) is 4.98 Å². The summed E-state index contributed by atoms with van der Waals surface area (Å²) in [6.07, 6.45) is 1.42. The molecule has 0 aliphatic heterocycles. The number of rotatable bonds is 6. The van der Waals surface area contributed by atoms with Crippen LogP contribution in [0.1, 0.15) is 11.3 Å². The molecule has 0 amide bonds. The molecule has 30 heavy (non-hydrogen) atoms. The lowest BCUT2D eigenvalue weighted by molar-refractivity contribution is 0.571. The van der Waals surface area contributed by atoms with Crippen LogP contribution in [-0.2, 0) is 16.6 Å². The molecule has 0 atom stereocenters. The fourth-order valence-corrected chi connectivity index (χ4v) is 4.64. The number of sulfonamides is 1. The summed E-state index contributed by atoms with van der Waals surface area (Å²) in [7, 11) is -3.83. The first-order valence-corrected chi connectivity index (χ1v) is 10.7. The predicted octanol–water partition coefficient (Wildman–Crippen LogP) is 5.18. The molecular weight excluding hydrogens is 403 g/mol. The van der Waals surface area contributed by atoms with Gasteiger partial charge in [-0.25, -0.2) is 17.8 Å². The molecule has 0 saturated heterocycles. The van der Waals surface area contributed by atoms with Crippen molar-refractivity contribution in [1.29, 1.82) is 0 Å². The van der Waals surface area contributed by atoms with Gasteiger partial charge in [0.15, 0.2) is 0 Å². The monoisotopic (exact) mass is 422 g/mol. The maximum atomic E-state index is 13.4. The molecular formula is C23H19FN2O3S. The van der Waals surface area contributed by atoms with E-state index in [2.05, 4.69) is 4.98 Å². The van der Waals surface area contributed by atoms with E-state index >= 15 is 0 Å². The summed E-state index contributed by atoms with van der Waals surface area (Å²) < 4.78 is 46.9. The van der Waals surface area contributed by atoms with Gasteiger partial charge in [0, 0.05) is 5.56 Å². The highest BCUT2D eigenvalue weighted by atomic mass is 32.2. The van der Waals surface area contributed by atoms with Crippen LogP contribution in [-0.4, -0.2) is 13.4 Å². The first kappa shape index (κ1) is 19.8. The summed E-state index contributed by atoms with van der Waals surface area (Å²) in [5, 5.41) is 0. The van der Waals surface area contributed by atoms with E-state index in [-0.39, 0.29) is 17.3 Å². The van der Waals surface area contributed by atoms with Crippen LogP contribution in [0.4, 0.5) is 10.1 Å². The molecule has 152 valence electrons. The zero-order chi connectivity index (χ0) is 21.1. The number of hydrogen-bond donors (Lipinski definition) is 0. The quantitative estimate of drug-likeness (QED) is 0.429. The third kappa shape index (κ3) is 3.97. The number of halogens is 1. The molecule has 0 aliphatic rings. The van der Waals surface area contributed by atoms with E-state index < -0.39 is 10.0 Å². The van der Waals surface area contributed by atoms with Gasteiger partial charge >= 0.3 is 0 Å². The third-order valence-electron chi connectivity index (χ3n) is 4.66. The molecule has 0 spiro atoms. The smallest absolute Gasteiger partial charge is 0.264 e. The van der Waals surface area contributed by atoms with Crippen LogP contribution >= 0.6 is 0 Å². The Labute approximate surface area is 174 Å². The molecule has 0 N–H and O–H groups in total. The molecule has 0 bridgehead atoms. The Morgan fingerprint density at radius 3 is 2.30 bits per heavy atom. The van der Waals surface area contributed by atoms with Gasteiger partial charge in [0.05, 0.1) is 17.1 Å². The zero-order valence-corrected chi connectivity index (χ0v) is 17.0. The summed E-state index contributed by atoms with van der Waals surface area (Å²) in [6, 6.07) is 21.3.